The van der Waals surface area contributed by atoms with Crippen molar-refractivity contribution in [2.24, 2.45) is 5.92 Å². The number of benzene rings is 1. The first-order chi connectivity index (χ1) is 14.2. The predicted molar refractivity (Wildman–Crippen MR) is 133 cm³/mol. The Labute approximate surface area is 181 Å². The molecule has 1 aromatic rings. The van der Waals surface area contributed by atoms with Crippen molar-refractivity contribution >= 4 is 6.08 Å². The number of unbranched alkanes of at least 4 members (excludes halogenated alkanes) is 3. The molecule has 1 aromatic carbocycles. The minimum Gasteiger partial charge on any atom is -0.494 e. The SMILES string of the molecule is C#C.C=Cc1ccc(OCCC)cc1.CCC1C=CC=CC=C1.CCCCCC. The Hall–Kier alpha value is -2.46. The van der Waals surface area contributed by atoms with Crippen LogP contribution in [0.15, 0.2) is 67.3 Å². The van der Waals surface area contributed by atoms with Gasteiger partial charge >= 0.3 is 0 Å². The van der Waals surface area contributed by atoms with Crippen molar-refractivity contribution in [1.82, 2.24) is 0 Å². The number of allylic oxidation sites excluding steroid dienone is 6. The minimum atomic E-state index is 0.653. The van der Waals surface area contributed by atoms with Crippen LogP contribution in [0.5, 0.6) is 5.75 Å². The van der Waals surface area contributed by atoms with Crippen LogP contribution in [0.2, 0.25) is 0 Å². The largest absolute Gasteiger partial charge is 0.494 e. The summed E-state index contributed by atoms with van der Waals surface area (Å²) in [6.45, 7) is 13.2. The summed E-state index contributed by atoms with van der Waals surface area (Å²) in [4.78, 5) is 0. The zero-order valence-electron chi connectivity index (χ0n) is 19.1. The van der Waals surface area contributed by atoms with Gasteiger partial charge in [0.15, 0.2) is 0 Å². The topological polar surface area (TPSA) is 9.23 Å². The molecule has 2 rings (SSSR count). The Morgan fingerprint density at radius 2 is 1.34 bits per heavy atom. The number of hydrogen-bond donors (Lipinski definition) is 0. The van der Waals surface area contributed by atoms with Gasteiger partial charge in [0.2, 0.25) is 0 Å². The van der Waals surface area contributed by atoms with Crippen molar-refractivity contribution < 1.29 is 4.74 Å². The van der Waals surface area contributed by atoms with E-state index in [1.807, 2.05) is 30.3 Å². The lowest BCUT2D eigenvalue weighted by Gasteiger charge is -2.03. The van der Waals surface area contributed by atoms with Crippen LogP contribution in [0.25, 0.3) is 6.08 Å². The van der Waals surface area contributed by atoms with Gasteiger partial charge in [-0.1, -0.05) is 115 Å². The van der Waals surface area contributed by atoms with E-state index in [-0.39, 0.29) is 0 Å². The molecule has 1 aliphatic rings. The molecule has 1 nitrogen and oxygen atoms in total. The highest BCUT2D eigenvalue weighted by molar-refractivity contribution is 5.48. The second-order valence-corrected chi connectivity index (χ2v) is 6.56. The van der Waals surface area contributed by atoms with E-state index in [4.69, 9.17) is 4.74 Å². The normalized spacial score (nSPS) is 11.5. The Morgan fingerprint density at radius 1 is 0.828 bits per heavy atom. The zero-order chi connectivity index (χ0) is 22.2. The third-order valence-electron chi connectivity index (χ3n) is 4.07. The van der Waals surface area contributed by atoms with Crippen LogP contribution in [0.4, 0.5) is 0 Å². The van der Waals surface area contributed by atoms with Crippen LogP contribution in [-0.2, 0) is 0 Å². The monoisotopic (exact) mass is 394 g/mol. The molecule has 0 radical (unpaired) electrons. The molecule has 29 heavy (non-hydrogen) atoms. The zero-order valence-corrected chi connectivity index (χ0v) is 19.1. The first-order valence-corrected chi connectivity index (χ1v) is 10.9. The summed E-state index contributed by atoms with van der Waals surface area (Å²) in [6.07, 6.45) is 30.4. The van der Waals surface area contributed by atoms with Gasteiger partial charge in [-0.05, 0) is 36.5 Å². The molecule has 0 atom stereocenters. The van der Waals surface area contributed by atoms with Gasteiger partial charge in [-0.25, -0.2) is 0 Å². The first kappa shape index (κ1) is 28.7. The third-order valence-corrected chi connectivity index (χ3v) is 4.07. The Bertz CT molecular complexity index is 552. The van der Waals surface area contributed by atoms with Gasteiger partial charge in [0, 0.05) is 0 Å². The molecule has 160 valence electrons. The van der Waals surface area contributed by atoms with E-state index in [9.17, 15) is 0 Å². The Balaban J connectivity index is 0. The van der Waals surface area contributed by atoms with E-state index in [1.54, 1.807) is 0 Å². The molecule has 0 unspecified atom stereocenters. The molecule has 0 aliphatic heterocycles. The van der Waals surface area contributed by atoms with Gasteiger partial charge < -0.3 is 4.74 Å². The summed E-state index contributed by atoms with van der Waals surface area (Å²) in [6, 6.07) is 7.93. The summed E-state index contributed by atoms with van der Waals surface area (Å²) < 4.78 is 5.42. The lowest BCUT2D eigenvalue weighted by molar-refractivity contribution is 0.317. The highest BCUT2D eigenvalue weighted by Crippen LogP contribution is 2.12. The molecular formula is C28H42O. The first-order valence-electron chi connectivity index (χ1n) is 10.9. The van der Waals surface area contributed by atoms with Crippen molar-refractivity contribution in [3.63, 3.8) is 0 Å². The van der Waals surface area contributed by atoms with Crippen molar-refractivity contribution in [3.8, 4) is 18.6 Å². The Morgan fingerprint density at radius 3 is 1.72 bits per heavy atom. The van der Waals surface area contributed by atoms with E-state index >= 15 is 0 Å². The van der Waals surface area contributed by atoms with E-state index in [2.05, 4.69) is 83.6 Å². The predicted octanol–water partition coefficient (Wildman–Crippen LogP) is 8.65. The van der Waals surface area contributed by atoms with Gasteiger partial charge in [-0.15, -0.1) is 12.8 Å². The highest BCUT2D eigenvalue weighted by atomic mass is 16.5. The minimum absolute atomic E-state index is 0.653. The fourth-order valence-electron chi connectivity index (χ4n) is 2.30. The molecule has 1 heteroatoms. The van der Waals surface area contributed by atoms with E-state index in [0.29, 0.717) is 5.92 Å². The van der Waals surface area contributed by atoms with Crippen molar-refractivity contribution in [1.29, 1.82) is 0 Å². The smallest absolute Gasteiger partial charge is 0.119 e. The molecule has 0 saturated heterocycles. The summed E-state index contributed by atoms with van der Waals surface area (Å²) in [7, 11) is 0. The molecule has 0 heterocycles. The fourth-order valence-corrected chi connectivity index (χ4v) is 2.30. The van der Waals surface area contributed by atoms with Crippen LogP contribution < -0.4 is 4.74 Å². The summed E-state index contributed by atoms with van der Waals surface area (Å²) in [5.41, 5.74) is 1.12. The lowest BCUT2D eigenvalue weighted by atomic mass is 10.1. The summed E-state index contributed by atoms with van der Waals surface area (Å²) >= 11 is 0. The molecule has 0 spiro atoms. The van der Waals surface area contributed by atoms with Crippen LogP contribution >= 0.6 is 0 Å². The highest BCUT2D eigenvalue weighted by Gasteiger charge is 1.94. The van der Waals surface area contributed by atoms with Gasteiger partial charge in [0.05, 0.1) is 6.61 Å². The van der Waals surface area contributed by atoms with Gasteiger partial charge in [0.25, 0.3) is 0 Å². The second kappa shape index (κ2) is 23.6. The van der Waals surface area contributed by atoms with Gasteiger partial charge in [-0.2, -0.15) is 0 Å². The molecular weight excluding hydrogens is 352 g/mol. The summed E-state index contributed by atoms with van der Waals surface area (Å²) in [5, 5.41) is 0. The van der Waals surface area contributed by atoms with E-state index in [0.717, 1.165) is 24.3 Å². The number of terminal acetylenes is 1. The maximum absolute atomic E-state index is 5.42. The quantitative estimate of drug-likeness (QED) is 0.316. The standard InChI is InChI=1S/C11H14O.C9H12.C6H14.C2H2/c1-3-9-12-11-7-5-10(4-2)6-8-11;1-2-9-7-5-3-4-6-8-9;1-3-5-6-4-2;1-2/h4-8H,2-3,9H2,1H3;3-9H,2H2,1H3;3-6H2,1-2H3;1-2H. The molecule has 1 aliphatic carbocycles. The molecule has 0 aromatic heterocycles. The average molecular weight is 395 g/mol. The molecule has 0 bridgehead atoms. The maximum Gasteiger partial charge on any atom is 0.119 e. The van der Waals surface area contributed by atoms with Crippen molar-refractivity contribution in [3.05, 3.63) is 72.9 Å². The average Bonchev–Trinajstić information content (AvgIpc) is 3.08. The van der Waals surface area contributed by atoms with Gasteiger partial charge in [-0.3, -0.25) is 0 Å². The number of ether oxygens (including phenoxy) is 1. The number of rotatable bonds is 8. The molecule has 0 amide bonds. The Kier molecular flexibility index (Phi) is 23.4. The third kappa shape index (κ3) is 18.7. The van der Waals surface area contributed by atoms with E-state index in [1.165, 1.54) is 32.1 Å². The molecule has 0 saturated carbocycles. The van der Waals surface area contributed by atoms with Gasteiger partial charge in [0.1, 0.15) is 5.75 Å². The van der Waals surface area contributed by atoms with Crippen LogP contribution in [0, 0.1) is 18.8 Å². The fraction of sp³-hybridized carbons (Fsp3) is 0.429. The molecule has 0 N–H and O–H groups in total. The molecule has 0 fully saturated rings. The van der Waals surface area contributed by atoms with Crippen molar-refractivity contribution in [2.45, 2.75) is 66.2 Å². The number of hydrogen-bond acceptors (Lipinski definition) is 1. The van der Waals surface area contributed by atoms with Crippen LogP contribution in [0.3, 0.4) is 0 Å². The van der Waals surface area contributed by atoms with Crippen LogP contribution in [0.1, 0.15) is 71.8 Å². The van der Waals surface area contributed by atoms with Crippen molar-refractivity contribution in [2.75, 3.05) is 6.61 Å². The summed E-state index contributed by atoms with van der Waals surface area (Å²) in [5.74, 6) is 1.59. The second-order valence-electron chi connectivity index (χ2n) is 6.56. The maximum atomic E-state index is 5.42. The van der Waals surface area contributed by atoms with E-state index < -0.39 is 0 Å². The lowest BCUT2D eigenvalue weighted by Crippen LogP contribution is -1.94. The van der Waals surface area contributed by atoms with Crippen LogP contribution in [-0.4, -0.2) is 6.61 Å².